The van der Waals surface area contributed by atoms with Gasteiger partial charge < -0.3 is 19.1 Å². The number of hydrogen-bond acceptors (Lipinski definition) is 6. The van der Waals surface area contributed by atoms with Crippen LogP contribution in [0.2, 0.25) is 0 Å². The number of carbonyl (C=O) groups is 1. The molecule has 1 N–H and O–H groups in total. The molecule has 0 radical (unpaired) electrons. The lowest BCUT2D eigenvalue weighted by Crippen LogP contribution is -2.35. The molecule has 0 fully saturated rings. The van der Waals surface area contributed by atoms with Crippen LogP contribution in [0, 0.1) is 6.92 Å². The molecule has 130 valence electrons. The summed E-state index contributed by atoms with van der Waals surface area (Å²) >= 11 is 0. The van der Waals surface area contributed by atoms with Gasteiger partial charge in [-0.15, -0.1) is 0 Å². The lowest BCUT2D eigenvalue weighted by Gasteiger charge is -2.16. The molecule has 3 rings (SSSR count). The Labute approximate surface area is 144 Å². The van der Waals surface area contributed by atoms with Gasteiger partial charge in [-0.2, -0.15) is 4.98 Å². The fourth-order valence-corrected chi connectivity index (χ4v) is 2.38. The van der Waals surface area contributed by atoms with Crippen LogP contribution in [0.4, 0.5) is 0 Å². The third kappa shape index (κ3) is 4.43. The zero-order chi connectivity index (χ0) is 17.6. The molecule has 0 saturated heterocycles. The average Bonchev–Trinajstić information content (AvgIpc) is 3.24. The van der Waals surface area contributed by atoms with E-state index in [9.17, 15) is 4.79 Å². The van der Waals surface area contributed by atoms with Gasteiger partial charge in [0, 0.05) is 31.9 Å². The summed E-state index contributed by atoms with van der Waals surface area (Å²) in [6.45, 7) is 4.41. The summed E-state index contributed by atoms with van der Waals surface area (Å²) in [5.41, 5.74) is 0.459. The number of benzene rings is 1. The van der Waals surface area contributed by atoms with Gasteiger partial charge >= 0.3 is 0 Å². The number of aryl methyl sites for hydroxylation is 1. The highest BCUT2D eigenvalue weighted by Crippen LogP contribution is 2.19. The topological polar surface area (TPSA) is 95.1 Å². The van der Waals surface area contributed by atoms with E-state index in [0.29, 0.717) is 29.6 Å². The highest BCUT2D eigenvalue weighted by Gasteiger charge is 2.15. The molecule has 2 aromatic heterocycles. The molecule has 0 aliphatic heterocycles. The number of aromatic nitrogens is 4. The van der Waals surface area contributed by atoms with Crippen LogP contribution in [0.1, 0.15) is 29.0 Å². The molecule has 1 unspecified atom stereocenters. The molecule has 8 nitrogen and oxygen atoms in total. The Bertz CT molecular complexity index is 828. The maximum absolute atomic E-state index is 12.6. The summed E-state index contributed by atoms with van der Waals surface area (Å²) in [5, 5.41) is 6.73. The smallest absolute Gasteiger partial charge is 0.255 e. The number of para-hydroxylation sites is 1. The van der Waals surface area contributed by atoms with E-state index in [4.69, 9.17) is 9.26 Å². The van der Waals surface area contributed by atoms with Crippen LogP contribution in [0.3, 0.4) is 0 Å². The van der Waals surface area contributed by atoms with E-state index in [2.05, 4.69) is 20.4 Å². The molecule has 0 saturated carbocycles. The minimum Gasteiger partial charge on any atom is -0.485 e. The number of nitrogens with one attached hydrogen (secondary N) is 1. The van der Waals surface area contributed by atoms with Gasteiger partial charge in [0.1, 0.15) is 5.75 Å². The van der Waals surface area contributed by atoms with Crippen molar-refractivity contribution in [2.75, 3.05) is 0 Å². The SMILES string of the molecule is Cc1nc(COc2ccccc2C(=O)NC(C)Cn2ccnc2)no1. The fraction of sp³-hybridized carbons (Fsp3) is 0.294. The van der Waals surface area contributed by atoms with Gasteiger partial charge in [0.25, 0.3) is 5.91 Å². The van der Waals surface area contributed by atoms with Crippen LogP contribution < -0.4 is 10.1 Å². The Balaban J connectivity index is 1.63. The zero-order valence-corrected chi connectivity index (χ0v) is 14.0. The molecule has 2 heterocycles. The van der Waals surface area contributed by atoms with E-state index >= 15 is 0 Å². The predicted octanol–water partition coefficient (Wildman–Crippen LogP) is 1.97. The maximum Gasteiger partial charge on any atom is 0.255 e. The Kier molecular flexibility index (Phi) is 5.08. The Morgan fingerprint density at radius 1 is 1.40 bits per heavy atom. The van der Waals surface area contributed by atoms with E-state index in [-0.39, 0.29) is 18.6 Å². The summed E-state index contributed by atoms with van der Waals surface area (Å²) in [5.74, 6) is 1.17. The van der Waals surface area contributed by atoms with Crippen molar-refractivity contribution in [1.29, 1.82) is 0 Å². The molecule has 1 amide bonds. The first kappa shape index (κ1) is 16.7. The Hall–Kier alpha value is -3.16. The van der Waals surface area contributed by atoms with Gasteiger partial charge in [-0.25, -0.2) is 4.98 Å². The summed E-state index contributed by atoms with van der Waals surface area (Å²) < 4.78 is 12.5. The molecule has 0 bridgehead atoms. The van der Waals surface area contributed by atoms with Gasteiger partial charge in [-0.3, -0.25) is 4.79 Å². The molecule has 1 atom stereocenters. The monoisotopic (exact) mass is 341 g/mol. The van der Waals surface area contributed by atoms with Gasteiger partial charge in [0.2, 0.25) is 11.7 Å². The number of ether oxygens (including phenoxy) is 1. The average molecular weight is 341 g/mol. The maximum atomic E-state index is 12.6. The fourth-order valence-electron chi connectivity index (χ4n) is 2.38. The second kappa shape index (κ2) is 7.61. The van der Waals surface area contributed by atoms with Crippen molar-refractivity contribution in [3.63, 3.8) is 0 Å². The summed E-state index contributed by atoms with van der Waals surface area (Å²) in [7, 11) is 0. The van der Waals surface area contributed by atoms with Crippen LogP contribution in [-0.2, 0) is 13.2 Å². The van der Waals surface area contributed by atoms with Gasteiger partial charge in [-0.1, -0.05) is 17.3 Å². The number of imidazole rings is 1. The number of rotatable bonds is 7. The molecule has 1 aromatic carbocycles. The van der Waals surface area contributed by atoms with Gasteiger partial charge in [0.05, 0.1) is 11.9 Å². The molecular formula is C17H19N5O3. The molecule has 25 heavy (non-hydrogen) atoms. The van der Waals surface area contributed by atoms with E-state index in [1.54, 1.807) is 37.6 Å². The minimum atomic E-state index is -0.201. The van der Waals surface area contributed by atoms with Crippen molar-refractivity contribution in [3.05, 3.63) is 60.3 Å². The van der Waals surface area contributed by atoms with Crippen LogP contribution >= 0.6 is 0 Å². The molecule has 0 aliphatic carbocycles. The second-order valence-electron chi connectivity index (χ2n) is 5.65. The van der Waals surface area contributed by atoms with Crippen molar-refractivity contribution >= 4 is 5.91 Å². The van der Waals surface area contributed by atoms with Crippen LogP contribution in [-0.4, -0.2) is 31.6 Å². The van der Waals surface area contributed by atoms with Crippen molar-refractivity contribution in [3.8, 4) is 5.75 Å². The molecule has 8 heteroatoms. The van der Waals surface area contributed by atoms with Crippen LogP contribution in [0.25, 0.3) is 0 Å². The first-order valence-electron chi connectivity index (χ1n) is 7.89. The number of hydrogen-bond donors (Lipinski definition) is 1. The van der Waals surface area contributed by atoms with Crippen molar-refractivity contribution in [2.24, 2.45) is 0 Å². The largest absolute Gasteiger partial charge is 0.485 e. The molecule has 0 spiro atoms. The lowest BCUT2D eigenvalue weighted by molar-refractivity contribution is 0.0932. The molecular weight excluding hydrogens is 322 g/mol. The van der Waals surface area contributed by atoms with Crippen molar-refractivity contribution < 1.29 is 14.1 Å². The number of amides is 1. The first-order chi connectivity index (χ1) is 12.1. The van der Waals surface area contributed by atoms with Gasteiger partial charge in [-0.05, 0) is 19.1 Å². The molecule has 0 aliphatic rings. The molecule has 3 aromatic rings. The van der Waals surface area contributed by atoms with E-state index in [1.165, 1.54) is 0 Å². The predicted molar refractivity (Wildman–Crippen MR) is 89.0 cm³/mol. The summed E-state index contributed by atoms with van der Waals surface area (Å²) in [4.78, 5) is 20.6. The summed E-state index contributed by atoms with van der Waals surface area (Å²) in [6, 6.07) is 7.00. The Morgan fingerprint density at radius 2 is 2.24 bits per heavy atom. The third-order valence-corrected chi connectivity index (χ3v) is 3.48. The summed E-state index contributed by atoms with van der Waals surface area (Å²) in [6.07, 6.45) is 5.27. The third-order valence-electron chi connectivity index (χ3n) is 3.48. The first-order valence-corrected chi connectivity index (χ1v) is 7.89. The highest BCUT2D eigenvalue weighted by molar-refractivity contribution is 5.97. The standard InChI is InChI=1S/C17H19N5O3/c1-12(9-22-8-7-18-11-22)19-17(23)14-5-3-4-6-15(14)24-10-16-20-13(2)25-21-16/h3-8,11-12H,9-10H2,1-2H3,(H,19,23). The van der Waals surface area contributed by atoms with Gasteiger partial charge in [0.15, 0.2) is 6.61 Å². The second-order valence-corrected chi connectivity index (χ2v) is 5.65. The Morgan fingerprint density at radius 3 is 2.96 bits per heavy atom. The van der Waals surface area contributed by atoms with E-state index in [0.717, 1.165) is 0 Å². The highest BCUT2D eigenvalue weighted by atomic mass is 16.5. The van der Waals surface area contributed by atoms with Crippen LogP contribution in [0.5, 0.6) is 5.75 Å². The quantitative estimate of drug-likeness (QED) is 0.706. The normalized spacial score (nSPS) is 11.9. The minimum absolute atomic E-state index is 0.0605. The number of nitrogens with zero attached hydrogens (tertiary/aromatic N) is 4. The van der Waals surface area contributed by atoms with Crippen LogP contribution in [0.15, 0.2) is 47.5 Å². The van der Waals surface area contributed by atoms with Crippen molar-refractivity contribution in [2.45, 2.75) is 33.0 Å². The lowest BCUT2D eigenvalue weighted by atomic mass is 10.1. The van der Waals surface area contributed by atoms with E-state index in [1.807, 2.05) is 23.8 Å². The zero-order valence-electron chi connectivity index (χ0n) is 14.0. The van der Waals surface area contributed by atoms with Crippen molar-refractivity contribution in [1.82, 2.24) is 25.0 Å². The number of carbonyl (C=O) groups excluding carboxylic acids is 1. The van der Waals surface area contributed by atoms with E-state index < -0.39 is 0 Å².